The predicted molar refractivity (Wildman–Crippen MR) is 74.3 cm³/mol. The summed E-state index contributed by atoms with van der Waals surface area (Å²) in [6.45, 7) is 8.93. The fourth-order valence-corrected chi connectivity index (χ4v) is 1.64. The highest BCUT2D eigenvalue weighted by Gasteiger charge is 2.14. The third kappa shape index (κ3) is 11.7. The Balaban J connectivity index is 0. The second-order valence-corrected chi connectivity index (χ2v) is 4.59. The van der Waals surface area contributed by atoms with E-state index >= 15 is 0 Å². The molecular formula is C13H26ClNO2. The lowest BCUT2D eigenvalue weighted by Crippen LogP contribution is -2.21. The fourth-order valence-electron chi connectivity index (χ4n) is 1.64. The molecule has 0 heterocycles. The highest BCUT2D eigenvalue weighted by molar-refractivity contribution is 5.85. The van der Waals surface area contributed by atoms with E-state index in [2.05, 4.69) is 20.4 Å². The molecule has 2 N–H and O–H groups in total. The van der Waals surface area contributed by atoms with Gasteiger partial charge in [0, 0.05) is 6.42 Å². The van der Waals surface area contributed by atoms with Gasteiger partial charge in [-0.25, -0.2) is 0 Å². The summed E-state index contributed by atoms with van der Waals surface area (Å²) in [5.41, 5.74) is 5.62. The van der Waals surface area contributed by atoms with E-state index in [0.717, 1.165) is 19.3 Å². The molecule has 0 aliphatic rings. The van der Waals surface area contributed by atoms with Crippen molar-refractivity contribution in [3.8, 4) is 0 Å². The minimum absolute atomic E-state index is 0. The van der Waals surface area contributed by atoms with Crippen LogP contribution < -0.4 is 5.73 Å². The van der Waals surface area contributed by atoms with Gasteiger partial charge in [0.1, 0.15) is 0 Å². The Labute approximate surface area is 111 Å². The molecular weight excluding hydrogens is 238 g/mol. The quantitative estimate of drug-likeness (QED) is 0.395. The highest BCUT2D eigenvalue weighted by atomic mass is 35.5. The first-order valence-corrected chi connectivity index (χ1v) is 6.06. The van der Waals surface area contributed by atoms with Crippen LogP contribution in [0, 0.1) is 11.8 Å². The Morgan fingerprint density at radius 3 is 2.59 bits per heavy atom. The van der Waals surface area contributed by atoms with Crippen LogP contribution in [0.2, 0.25) is 0 Å². The lowest BCUT2D eigenvalue weighted by Gasteiger charge is -2.15. The molecule has 17 heavy (non-hydrogen) atoms. The summed E-state index contributed by atoms with van der Waals surface area (Å²) < 4.78 is 5.12. The van der Waals surface area contributed by atoms with Crippen LogP contribution >= 0.6 is 12.4 Å². The van der Waals surface area contributed by atoms with Crippen LogP contribution in [0.5, 0.6) is 0 Å². The first-order valence-electron chi connectivity index (χ1n) is 6.06. The number of halogens is 1. The van der Waals surface area contributed by atoms with E-state index in [4.69, 9.17) is 10.5 Å². The molecule has 0 aliphatic heterocycles. The second kappa shape index (κ2) is 11.9. The molecule has 0 saturated heterocycles. The Kier molecular flexibility index (Phi) is 13.2. The van der Waals surface area contributed by atoms with E-state index in [9.17, 15) is 4.79 Å². The van der Waals surface area contributed by atoms with Crippen molar-refractivity contribution in [2.24, 2.45) is 17.6 Å². The number of hydrogen-bond acceptors (Lipinski definition) is 3. The SMILES string of the molecule is C=CCCCOC(=O)C[C@@H](CN)CC(C)C.Cl. The van der Waals surface area contributed by atoms with Crippen molar-refractivity contribution in [2.75, 3.05) is 13.2 Å². The zero-order valence-electron chi connectivity index (χ0n) is 11.0. The third-order valence-electron chi connectivity index (χ3n) is 2.41. The summed E-state index contributed by atoms with van der Waals surface area (Å²) in [4.78, 5) is 11.5. The minimum atomic E-state index is -0.125. The number of esters is 1. The average molecular weight is 264 g/mol. The summed E-state index contributed by atoms with van der Waals surface area (Å²) in [5.74, 6) is 0.703. The standard InChI is InChI=1S/C13H25NO2.ClH/c1-4-5-6-7-16-13(15)9-12(10-14)8-11(2)3;/h4,11-12H,1,5-10,14H2,2-3H3;1H/t12-;/m0./s1. The lowest BCUT2D eigenvalue weighted by molar-refractivity contribution is -0.144. The Morgan fingerprint density at radius 1 is 1.47 bits per heavy atom. The van der Waals surface area contributed by atoms with Crippen LogP contribution in [0.3, 0.4) is 0 Å². The van der Waals surface area contributed by atoms with E-state index < -0.39 is 0 Å². The summed E-state index contributed by atoms with van der Waals surface area (Å²) in [6.07, 6.45) is 5.00. The summed E-state index contributed by atoms with van der Waals surface area (Å²) in [6, 6.07) is 0. The smallest absolute Gasteiger partial charge is 0.306 e. The fraction of sp³-hybridized carbons (Fsp3) is 0.769. The van der Waals surface area contributed by atoms with Crippen LogP contribution in [0.1, 0.15) is 39.5 Å². The minimum Gasteiger partial charge on any atom is -0.466 e. The topological polar surface area (TPSA) is 52.3 Å². The van der Waals surface area contributed by atoms with Gasteiger partial charge in [0.2, 0.25) is 0 Å². The number of ether oxygens (including phenoxy) is 1. The number of hydrogen-bond donors (Lipinski definition) is 1. The van der Waals surface area contributed by atoms with Gasteiger partial charge in [-0.05, 0) is 37.6 Å². The highest BCUT2D eigenvalue weighted by Crippen LogP contribution is 2.14. The van der Waals surface area contributed by atoms with Crippen molar-refractivity contribution in [2.45, 2.75) is 39.5 Å². The molecule has 0 unspecified atom stereocenters. The van der Waals surface area contributed by atoms with Gasteiger partial charge in [0.25, 0.3) is 0 Å². The van der Waals surface area contributed by atoms with Gasteiger partial charge in [-0.3, -0.25) is 4.79 Å². The van der Waals surface area contributed by atoms with Crippen molar-refractivity contribution in [3.63, 3.8) is 0 Å². The molecule has 3 nitrogen and oxygen atoms in total. The number of allylic oxidation sites excluding steroid dienone is 1. The van der Waals surface area contributed by atoms with Crippen LogP contribution in [0.4, 0.5) is 0 Å². The molecule has 0 spiro atoms. The monoisotopic (exact) mass is 263 g/mol. The number of carbonyl (C=O) groups excluding carboxylic acids is 1. The number of rotatable bonds is 9. The maximum Gasteiger partial charge on any atom is 0.306 e. The number of carbonyl (C=O) groups is 1. The van der Waals surface area contributed by atoms with Crippen LogP contribution in [0.25, 0.3) is 0 Å². The first kappa shape index (κ1) is 18.8. The number of unbranched alkanes of at least 4 members (excludes halogenated alkanes) is 1. The summed E-state index contributed by atoms with van der Waals surface area (Å²) >= 11 is 0. The van der Waals surface area contributed by atoms with Crippen LogP contribution in [0.15, 0.2) is 12.7 Å². The Hall–Kier alpha value is -0.540. The molecule has 0 saturated carbocycles. The van der Waals surface area contributed by atoms with E-state index in [1.807, 2.05) is 6.08 Å². The van der Waals surface area contributed by atoms with Crippen LogP contribution in [-0.4, -0.2) is 19.1 Å². The molecule has 0 aromatic rings. The van der Waals surface area contributed by atoms with Gasteiger partial charge in [0.15, 0.2) is 0 Å². The zero-order valence-corrected chi connectivity index (χ0v) is 11.8. The molecule has 4 heteroatoms. The van der Waals surface area contributed by atoms with Gasteiger partial charge in [-0.1, -0.05) is 19.9 Å². The van der Waals surface area contributed by atoms with Crippen molar-refractivity contribution >= 4 is 18.4 Å². The Morgan fingerprint density at radius 2 is 2.12 bits per heavy atom. The van der Waals surface area contributed by atoms with Crippen molar-refractivity contribution in [1.82, 2.24) is 0 Å². The van der Waals surface area contributed by atoms with Gasteiger partial charge in [0.05, 0.1) is 6.61 Å². The molecule has 0 amide bonds. The zero-order chi connectivity index (χ0) is 12.4. The molecule has 102 valence electrons. The van der Waals surface area contributed by atoms with Gasteiger partial charge in [-0.15, -0.1) is 19.0 Å². The molecule has 0 radical (unpaired) electrons. The van der Waals surface area contributed by atoms with Gasteiger partial charge >= 0.3 is 5.97 Å². The van der Waals surface area contributed by atoms with Crippen molar-refractivity contribution in [1.29, 1.82) is 0 Å². The molecule has 0 aromatic heterocycles. The molecule has 0 aliphatic carbocycles. The largest absolute Gasteiger partial charge is 0.466 e. The van der Waals surface area contributed by atoms with Crippen molar-refractivity contribution in [3.05, 3.63) is 12.7 Å². The third-order valence-corrected chi connectivity index (χ3v) is 2.41. The predicted octanol–water partition coefficient (Wildman–Crippen LogP) is 2.93. The Bertz CT molecular complexity index is 208. The normalized spacial score (nSPS) is 11.8. The number of nitrogens with two attached hydrogens (primary N) is 1. The molecule has 1 atom stereocenters. The van der Waals surface area contributed by atoms with Gasteiger partial charge in [-0.2, -0.15) is 0 Å². The maximum atomic E-state index is 11.5. The molecule has 0 aromatic carbocycles. The van der Waals surface area contributed by atoms with Gasteiger partial charge < -0.3 is 10.5 Å². The first-order chi connectivity index (χ1) is 7.60. The maximum absolute atomic E-state index is 11.5. The molecule has 0 rings (SSSR count). The average Bonchev–Trinajstić information content (AvgIpc) is 2.23. The van der Waals surface area contributed by atoms with E-state index in [1.54, 1.807) is 0 Å². The van der Waals surface area contributed by atoms with E-state index in [0.29, 0.717) is 25.5 Å². The second-order valence-electron chi connectivity index (χ2n) is 4.59. The molecule has 0 fully saturated rings. The summed E-state index contributed by atoms with van der Waals surface area (Å²) in [5, 5.41) is 0. The summed E-state index contributed by atoms with van der Waals surface area (Å²) in [7, 11) is 0. The van der Waals surface area contributed by atoms with Crippen LogP contribution in [-0.2, 0) is 9.53 Å². The van der Waals surface area contributed by atoms with E-state index in [-0.39, 0.29) is 24.3 Å². The van der Waals surface area contributed by atoms with E-state index in [1.165, 1.54) is 0 Å². The molecule has 0 bridgehead atoms. The van der Waals surface area contributed by atoms with Crippen molar-refractivity contribution < 1.29 is 9.53 Å². The lowest BCUT2D eigenvalue weighted by atomic mass is 9.94.